The normalized spacial score (nSPS) is 16.1. The van der Waals surface area contributed by atoms with Gasteiger partial charge in [0.1, 0.15) is 0 Å². The summed E-state index contributed by atoms with van der Waals surface area (Å²) in [6.45, 7) is 9.29. The maximum atomic E-state index is 8.54. The predicted molar refractivity (Wildman–Crippen MR) is 82.7 cm³/mol. The van der Waals surface area contributed by atoms with E-state index >= 15 is 0 Å². The number of hydrogen-bond acceptors (Lipinski definition) is 6. The summed E-state index contributed by atoms with van der Waals surface area (Å²) in [6.07, 6.45) is 2.68. The van der Waals surface area contributed by atoms with Crippen molar-refractivity contribution < 1.29 is 19.3 Å². The van der Waals surface area contributed by atoms with Gasteiger partial charge in [0.05, 0.1) is 46.2 Å². The SMILES string of the molecule is CN(CCOCCOCCO)CCOCCN1CCCC1. The van der Waals surface area contributed by atoms with Crippen molar-refractivity contribution in [3.63, 3.8) is 0 Å². The van der Waals surface area contributed by atoms with Gasteiger partial charge in [-0.2, -0.15) is 0 Å². The van der Waals surface area contributed by atoms with Gasteiger partial charge in [0.25, 0.3) is 0 Å². The van der Waals surface area contributed by atoms with E-state index in [1.54, 1.807) is 0 Å². The van der Waals surface area contributed by atoms with Gasteiger partial charge in [0.15, 0.2) is 0 Å². The topological polar surface area (TPSA) is 54.4 Å². The molecule has 1 heterocycles. The molecule has 0 radical (unpaired) electrons. The summed E-state index contributed by atoms with van der Waals surface area (Å²) in [5.74, 6) is 0. The van der Waals surface area contributed by atoms with Crippen molar-refractivity contribution in [1.29, 1.82) is 0 Å². The Labute approximate surface area is 128 Å². The number of ether oxygens (including phenoxy) is 3. The molecule has 6 heteroatoms. The molecule has 0 saturated carbocycles. The molecule has 1 aliphatic rings. The monoisotopic (exact) mass is 304 g/mol. The van der Waals surface area contributed by atoms with Gasteiger partial charge in [-0.15, -0.1) is 0 Å². The number of nitrogens with zero attached hydrogens (tertiary/aromatic N) is 2. The molecular formula is C15H32N2O4. The Morgan fingerprint density at radius 1 is 0.857 bits per heavy atom. The van der Waals surface area contributed by atoms with E-state index in [1.165, 1.54) is 25.9 Å². The van der Waals surface area contributed by atoms with Crippen LogP contribution in [0.3, 0.4) is 0 Å². The first kappa shape index (κ1) is 18.8. The fraction of sp³-hybridized carbons (Fsp3) is 1.00. The quantitative estimate of drug-likeness (QED) is 0.458. The Bertz CT molecular complexity index is 226. The molecule has 126 valence electrons. The van der Waals surface area contributed by atoms with Crippen LogP contribution in [-0.4, -0.2) is 101 Å². The third-order valence-corrected chi connectivity index (χ3v) is 3.59. The van der Waals surface area contributed by atoms with E-state index in [0.29, 0.717) is 26.4 Å². The highest BCUT2D eigenvalue weighted by Gasteiger charge is 2.10. The highest BCUT2D eigenvalue weighted by atomic mass is 16.5. The molecule has 0 aliphatic carbocycles. The minimum absolute atomic E-state index is 0.0699. The minimum Gasteiger partial charge on any atom is -0.394 e. The van der Waals surface area contributed by atoms with E-state index in [0.717, 1.165) is 32.8 Å². The minimum atomic E-state index is 0.0699. The Balaban J connectivity index is 1.77. The number of aliphatic hydroxyl groups excluding tert-OH is 1. The lowest BCUT2D eigenvalue weighted by Gasteiger charge is -2.18. The second-order valence-corrected chi connectivity index (χ2v) is 5.41. The molecule has 0 amide bonds. The fourth-order valence-corrected chi connectivity index (χ4v) is 2.24. The third-order valence-electron chi connectivity index (χ3n) is 3.59. The lowest BCUT2D eigenvalue weighted by Crippen LogP contribution is -2.29. The zero-order valence-corrected chi connectivity index (χ0v) is 13.5. The van der Waals surface area contributed by atoms with Crippen LogP contribution in [0, 0.1) is 0 Å². The molecule has 1 aliphatic heterocycles. The summed E-state index contributed by atoms with van der Waals surface area (Å²) in [7, 11) is 2.08. The molecule has 0 bridgehead atoms. The molecule has 0 aromatic heterocycles. The Morgan fingerprint density at radius 2 is 1.43 bits per heavy atom. The average molecular weight is 304 g/mol. The van der Waals surface area contributed by atoms with Gasteiger partial charge in [-0.25, -0.2) is 0 Å². The van der Waals surface area contributed by atoms with E-state index in [2.05, 4.69) is 16.8 Å². The molecule has 0 spiro atoms. The lowest BCUT2D eigenvalue weighted by atomic mass is 10.4. The summed E-state index contributed by atoms with van der Waals surface area (Å²) in [6, 6.07) is 0. The molecule has 1 saturated heterocycles. The summed E-state index contributed by atoms with van der Waals surface area (Å²) in [5, 5.41) is 8.54. The van der Waals surface area contributed by atoms with Crippen molar-refractivity contribution in [2.75, 3.05) is 86.0 Å². The molecule has 6 nitrogen and oxygen atoms in total. The van der Waals surface area contributed by atoms with Gasteiger partial charge in [-0.1, -0.05) is 0 Å². The van der Waals surface area contributed by atoms with Crippen molar-refractivity contribution in [2.45, 2.75) is 12.8 Å². The Kier molecular flexibility index (Phi) is 12.0. The Morgan fingerprint density at radius 3 is 2.05 bits per heavy atom. The second kappa shape index (κ2) is 13.4. The van der Waals surface area contributed by atoms with Crippen LogP contribution in [0.2, 0.25) is 0 Å². The maximum Gasteiger partial charge on any atom is 0.0701 e. The average Bonchev–Trinajstić information content (AvgIpc) is 2.99. The van der Waals surface area contributed by atoms with Crippen LogP contribution in [0.1, 0.15) is 12.8 Å². The standard InChI is InChI=1S/C15H32N2O4/c1-16(7-11-20-14-15-21-13-9-18)6-10-19-12-8-17-4-2-3-5-17/h18H,2-15H2,1H3. The number of likely N-dealkylation sites (tertiary alicyclic amines) is 1. The van der Waals surface area contributed by atoms with E-state index in [-0.39, 0.29) is 6.61 Å². The van der Waals surface area contributed by atoms with Crippen LogP contribution >= 0.6 is 0 Å². The van der Waals surface area contributed by atoms with Crippen molar-refractivity contribution in [3.05, 3.63) is 0 Å². The summed E-state index contributed by atoms with van der Waals surface area (Å²) in [4.78, 5) is 4.68. The van der Waals surface area contributed by atoms with E-state index in [9.17, 15) is 0 Å². The summed E-state index contributed by atoms with van der Waals surface area (Å²) < 4.78 is 16.2. The van der Waals surface area contributed by atoms with Gasteiger partial charge < -0.3 is 29.1 Å². The van der Waals surface area contributed by atoms with Crippen molar-refractivity contribution in [2.24, 2.45) is 0 Å². The van der Waals surface area contributed by atoms with Gasteiger partial charge >= 0.3 is 0 Å². The molecule has 0 aromatic rings. The summed E-state index contributed by atoms with van der Waals surface area (Å²) >= 11 is 0. The maximum absolute atomic E-state index is 8.54. The second-order valence-electron chi connectivity index (χ2n) is 5.41. The molecule has 21 heavy (non-hydrogen) atoms. The molecule has 1 rings (SSSR count). The first-order chi connectivity index (χ1) is 10.3. The smallest absolute Gasteiger partial charge is 0.0701 e. The molecule has 0 aromatic carbocycles. The van der Waals surface area contributed by atoms with E-state index < -0.39 is 0 Å². The molecule has 0 unspecified atom stereocenters. The number of aliphatic hydroxyl groups is 1. The lowest BCUT2D eigenvalue weighted by molar-refractivity contribution is 0.0254. The van der Waals surface area contributed by atoms with Gasteiger partial charge in [0.2, 0.25) is 0 Å². The number of rotatable bonds is 14. The van der Waals surface area contributed by atoms with Crippen LogP contribution < -0.4 is 0 Å². The van der Waals surface area contributed by atoms with Crippen molar-refractivity contribution >= 4 is 0 Å². The van der Waals surface area contributed by atoms with Gasteiger partial charge in [0, 0.05) is 19.6 Å². The van der Waals surface area contributed by atoms with Crippen LogP contribution in [0.25, 0.3) is 0 Å². The van der Waals surface area contributed by atoms with Crippen LogP contribution in [0.5, 0.6) is 0 Å². The van der Waals surface area contributed by atoms with E-state index in [1.807, 2.05) is 0 Å². The summed E-state index contributed by atoms with van der Waals surface area (Å²) in [5.41, 5.74) is 0. The molecule has 0 atom stereocenters. The van der Waals surface area contributed by atoms with Gasteiger partial charge in [-0.3, -0.25) is 0 Å². The van der Waals surface area contributed by atoms with E-state index in [4.69, 9.17) is 19.3 Å². The van der Waals surface area contributed by atoms with Gasteiger partial charge in [-0.05, 0) is 33.0 Å². The van der Waals surface area contributed by atoms with Crippen LogP contribution in [0.4, 0.5) is 0 Å². The van der Waals surface area contributed by atoms with Crippen LogP contribution in [0.15, 0.2) is 0 Å². The molecule has 1 N–H and O–H groups in total. The Hall–Kier alpha value is -0.240. The highest BCUT2D eigenvalue weighted by molar-refractivity contribution is 4.65. The fourth-order valence-electron chi connectivity index (χ4n) is 2.24. The number of likely N-dealkylation sites (N-methyl/N-ethyl adjacent to an activating group) is 1. The first-order valence-corrected chi connectivity index (χ1v) is 8.08. The van der Waals surface area contributed by atoms with Crippen LogP contribution in [-0.2, 0) is 14.2 Å². The first-order valence-electron chi connectivity index (χ1n) is 8.08. The van der Waals surface area contributed by atoms with Crippen molar-refractivity contribution in [1.82, 2.24) is 9.80 Å². The number of hydrogen-bond donors (Lipinski definition) is 1. The third kappa shape index (κ3) is 11.0. The largest absolute Gasteiger partial charge is 0.394 e. The zero-order valence-electron chi connectivity index (χ0n) is 13.5. The molecular weight excluding hydrogens is 272 g/mol. The zero-order chi connectivity index (χ0) is 15.2. The molecule has 1 fully saturated rings. The highest BCUT2D eigenvalue weighted by Crippen LogP contribution is 2.05. The van der Waals surface area contributed by atoms with Crippen molar-refractivity contribution in [3.8, 4) is 0 Å². The predicted octanol–water partition coefficient (Wildman–Crippen LogP) is 0.0561.